The first-order chi connectivity index (χ1) is 6.91. The summed E-state index contributed by atoms with van der Waals surface area (Å²) in [7, 11) is 0. The highest BCUT2D eigenvalue weighted by atomic mass is 32.1. The van der Waals surface area contributed by atoms with Crippen LogP contribution in [-0.2, 0) is 5.54 Å². The Labute approximate surface area is 91.4 Å². The zero-order valence-electron chi connectivity index (χ0n) is 8.94. The molecule has 0 radical (unpaired) electrons. The normalized spacial score (nSPS) is 12.2. The van der Waals surface area contributed by atoms with Crippen molar-refractivity contribution < 1.29 is 0 Å². The molecule has 0 bridgehead atoms. The van der Waals surface area contributed by atoms with Crippen LogP contribution in [0.15, 0.2) is 17.1 Å². The van der Waals surface area contributed by atoms with Crippen LogP contribution in [0, 0.1) is 0 Å². The number of nitrogens with zero attached hydrogens (tertiary/aromatic N) is 2. The Balaban J connectivity index is 2.92. The van der Waals surface area contributed by atoms with Crippen molar-refractivity contribution in [1.82, 2.24) is 9.55 Å². The standard InChI is InChI=1S/C10H13N3OS/c1-10(2,3)13-8-7(15-9(13)14)6(11)4-5-12-8/h4-5H,1-3H3,(H2,11,12). The third-order valence-electron chi connectivity index (χ3n) is 2.17. The van der Waals surface area contributed by atoms with E-state index in [1.165, 1.54) is 0 Å². The van der Waals surface area contributed by atoms with Gasteiger partial charge < -0.3 is 5.73 Å². The molecule has 80 valence electrons. The van der Waals surface area contributed by atoms with E-state index < -0.39 is 0 Å². The SMILES string of the molecule is CC(C)(C)n1c(=O)sc2c(N)ccnc21. The molecular weight excluding hydrogens is 210 g/mol. The summed E-state index contributed by atoms with van der Waals surface area (Å²) < 4.78 is 2.46. The number of rotatable bonds is 0. The van der Waals surface area contributed by atoms with Gasteiger partial charge in [0.2, 0.25) is 0 Å². The number of nitrogen functional groups attached to an aromatic ring is 1. The van der Waals surface area contributed by atoms with Crippen molar-refractivity contribution in [3.8, 4) is 0 Å². The maximum atomic E-state index is 11.8. The molecule has 0 aliphatic heterocycles. The maximum absolute atomic E-state index is 11.8. The van der Waals surface area contributed by atoms with Crippen LogP contribution >= 0.6 is 11.3 Å². The van der Waals surface area contributed by atoms with Gasteiger partial charge in [0.05, 0.1) is 10.4 Å². The van der Waals surface area contributed by atoms with Gasteiger partial charge >= 0.3 is 4.87 Å². The highest BCUT2D eigenvalue weighted by Gasteiger charge is 2.21. The first-order valence-corrected chi connectivity index (χ1v) is 5.49. The molecule has 0 spiro atoms. The summed E-state index contributed by atoms with van der Waals surface area (Å²) in [5.41, 5.74) is 6.83. The lowest BCUT2D eigenvalue weighted by Gasteiger charge is -2.20. The van der Waals surface area contributed by atoms with Crippen LogP contribution in [-0.4, -0.2) is 9.55 Å². The summed E-state index contributed by atoms with van der Waals surface area (Å²) in [6, 6.07) is 1.71. The molecule has 0 fully saturated rings. The zero-order valence-corrected chi connectivity index (χ0v) is 9.76. The maximum Gasteiger partial charge on any atom is 0.309 e. The van der Waals surface area contributed by atoms with E-state index in [-0.39, 0.29) is 10.4 Å². The topological polar surface area (TPSA) is 60.9 Å². The fourth-order valence-electron chi connectivity index (χ4n) is 1.53. The fraction of sp³-hybridized carbons (Fsp3) is 0.400. The van der Waals surface area contributed by atoms with E-state index in [1.807, 2.05) is 20.8 Å². The van der Waals surface area contributed by atoms with E-state index in [0.717, 1.165) is 16.0 Å². The van der Waals surface area contributed by atoms with Gasteiger partial charge in [-0.1, -0.05) is 11.3 Å². The summed E-state index contributed by atoms with van der Waals surface area (Å²) in [5, 5.41) is 0. The van der Waals surface area contributed by atoms with E-state index in [1.54, 1.807) is 16.8 Å². The summed E-state index contributed by atoms with van der Waals surface area (Å²) in [4.78, 5) is 16.0. The predicted molar refractivity (Wildman–Crippen MR) is 63.3 cm³/mol. The van der Waals surface area contributed by atoms with Crippen LogP contribution < -0.4 is 10.6 Å². The first kappa shape index (κ1) is 10.2. The summed E-state index contributed by atoms with van der Waals surface area (Å²) >= 11 is 1.15. The molecule has 2 aromatic rings. The molecule has 0 amide bonds. The van der Waals surface area contributed by atoms with Crippen LogP contribution in [0.3, 0.4) is 0 Å². The minimum Gasteiger partial charge on any atom is -0.397 e. The Morgan fingerprint density at radius 3 is 2.73 bits per heavy atom. The fourth-order valence-corrected chi connectivity index (χ4v) is 2.57. The molecule has 5 heteroatoms. The van der Waals surface area contributed by atoms with Gasteiger partial charge in [0.25, 0.3) is 0 Å². The molecule has 0 aliphatic rings. The second-order valence-electron chi connectivity index (χ2n) is 4.43. The van der Waals surface area contributed by atoms with Crippen LogP contribution in [0.5, 0.6) is 0 Å². The number of hydrogen-bond donors (Lipinski definition) is 1. The van der Waals surface area contributed by atoms with Gasteiger partial charge in [-0.25, -0.2) is 4.98 Å². The Morgan fingerprint density at radius 2 is 2.13 bits per heavy atom. The molecule has 2 N–H and O–H groups in total. The Bertz CT molecular complexity index is 562. The van der Waals surface area contributed by atoms with Crippen molar-refractivity contribution in [1.29, 1.82) is 0 Å². The molecule has 4 nitrogen and oxygen atoms in total. The Hall–Kier alpha value is -1.36. The number of fused-ring (bicyclic) bond motifs is 1. The monoisotopic (exact) mass is 223 g/mol. The van der Waals surface area contributed by atoms with Crippen molar-refractivity contribution >= 4 is 27.4 Å². The van der Waals surface area contributed by atoms with Crippen LogP contribution in [0.4, 0.5) is 5.69 Å². The van der Waals surface area contributed by atoms with Gasteiger partial charge in [-0.3, -0.25) is 9.36 Å². The molecule has 0 saturated carbocycles. The summed E-state index contributed by atoms with van der Waals surface area (Å²) in [6.45, 7) is 5.93. The van der Waals surface area contributed by atoms with Gasteiger partial charge in [-0.15, -0.1) is 0 Å². The lowest BCUT2D eigenvalue weighted by molar-refractivity contribution is 0.401. The number of hydrogen-bond acceptors (Lipinski definition) is 4. The second kappa shape index (κ2) is 3.06. The average molecular weight is 223 g/mol. The molecule has 0 unspecified atom stereocenters. The highest BCUT2D eigenvalue weighted by molar-refractivity contribution is 7.17. The molecule has 2 aromatic heterocycles. The van der Waals surface area contributed by atoms with Crippen molar-refractivity contribution in [2.45, 2.75) is 26.3 Å². The van der Waals surface area contributed by atoms with E-state index in [0.29, 0.717) is 11.3 Å². The third kappa shape index (κ3) is 1.52. The van der Waals surface area contributed by atoms with Gasteiger partial charge in [0.1, 0.15) is 0 Å². The van der Waals surface area contributed by atoms with E-state index in [2.05, 4.69) is 4.98 Å². The highest BCUT2D eigenvalue weighted by Crippen LogP contribution is 2.25. The molecule has 0 atom stereocenters. The molecule has 0 saturated heterocycles. The molecule has 15 heavy (non-hydrogen) atoms. The summed E-state index contributed by atoms with van der Waals surface area (Å²) in [5.74, 6) is 0. The molecule has 2 rings (SSSR count). The van der Waals surface area contributed by atoms with Crippen LogP contribution in [0.2, 0.25) is 0 Å². The second-order valence-corrected chi connectivity index (χ2v) is 5.39. The number of pyridine rings is 1. The van der Waals surface area contributed by atoms with Crippen LogP contribution in [0.1, 0.15) is 20.8 Å². The molecule has 0 aromatic carbocycles. The lowest BCUT2D eigenvalue weighted by Crippen LogP contribution is -2.30. The molecular formula is C10H13N3OS. The number of thiazole rings is 1. The van der Waals surface area contributed by atoms with Crippen molar-refractivity contribution in [3.05, 3.63) is 21.9 Å². The van der Waals surface area contributed by atoms with E-state index in [9.17, 15) is 4.79 Å². The third-order valence-corrected chi connectivity index (χ3v) is 3.15. The van der Waals surface area contributed by atoms with E-state index >= 15 is 0 Å². The van der Waals surface area contributed by atoms with E-state index in [4.69, 9.17) is 5.73 Å². The van der Waals surface area contributed by atoms with Gasteiger partial charge in [-0.2, -0.15) is 0 Å². The van der Waals surface area contributed by atoms with Gasteiger partial charge in [0.15, 0.2) is 5.65 Å². The largest absolute Gasteiger partial charge is 0.397 e. The first-order valence-electron chi connectivity index (χ1n) is 4.68. The number of aromatic nitrogens is 2. The Morgan fingerprint density at radius 1 is 1.47 bits per heavy atom. The zero-order chi connectivity index (χ0) is 11.2. The lowest BCUT2D eigenvalue weighted by atomic mass is 10.1. The number of nitrogens with two attached hydrogens (primary N) is 1. The van der Waals surface area contributed by atoms with Gasteiger partial charge in [-0.05, 0) is 26.8 Å². The minimum absolute atomic E-state index is 0.0112. The molecule has 2 heterocycles. The van der Waals surface area contributed by atoms with Crippen molar-refractivity contribution in [2.24, 2.45) is 0 Å². The van der Waals surface area contributed by atoms with Gasteiger partial charge in [0, 0.05) is 11.7 Å². The smallest absolute Gasteiger partial charge is 0.309 e. The predicted octanol–water partition coefficient (Wildman–Crippen LogP) is 1.80. The number of anilines is 1. The quantitative estimate of drug-likeness (QED) is 0.740. The minimum atomic E-state index is -0.268. The molecule has 0 aliphatic carbocycles. The van der Waals surface area contributed by atoms with Crippen molar-refractivity contribution in [3.63, 3.8) is 0 Å². The Kier molecular flexibility index (Phi) is 2.08. The summed E-state index contributed by atoms with van der Waals surface area (Å²) in [6.07, 6.45) is 1.63. The average Bonchev–Trinajstić information content (AvgIpc) is 2.41. The van der Waals surface area contributed by atoms with Crippen LogP contribution in [0.25, 0.3) is 10.3 Å². The van der Waals surface area contributed by atoms with Crippen molar-refractivity contribution in [2.75, 3.05) is 5.73 Å².